The van der Waals surface area contributed by atoms with Gasteiger partial charge in [0.15, 0.2) is 5.78 Å². The first-order chi connectivity index (χ1) is 13.6. The summed E-state index contributed by atoms with van der Waals surface area (Å²) in [6.07, 6.45) is 15.0. The molecule has 5 atom stereocenters. The lowest BCUT2D eigenvalue weighted by atomic mass is 9.60. The summed E-state index contributed by atoms with van der Waals surface area (Å²) in [5.41, 5.74) is 2.16. The smallest absolute Gasteiger partial charge is 0.159 e. The maximum atomic E-state index is 12.2. The number of hydrogen-bond acceptors (Lipinski definition) is 3. The number of rotatable bonds is 6. The van der Waals surface area contributed by atoms with E-state index in [2.05, 4.69) is 19.9 Å². The Morgan fingerprint density at radius 1 is 1.21 bits per heavy atom. The molecule has 3 saturated carbocycles. The Kier molecular flexibility index (Phi) is 7.10. The van der Waals surface area contributed by atoms with Crippen molar-refractivity contribution in [1.82, 2.24) is 0 Å². The first-order valence-electron chi connectivity index (χ1n) is 11.9. The van der Waals surface area contributed by atoms with Crippen LogP contribution in [0.1, 0.15) is 98.3 Å². The number of carbonyl (C=O) groups excluding carboxylic acids is 1. The molecule has 0 saturated heterocycles. The second kappa shape index (κ2) is 9.06. The fourth-order valence-electron chi connectivity index (χ4n) is 6.57. The maximum Gasteiger partial charge on any atom is 0.159 e. The molecule has 0 aromatic rings. The third kappa shape index (κ3) is 5.41. The van der Waals surface area contributed by atoms with Crippen LogP contribution >= 0.6 is 0 Å². The van der Waals surface area contributed by atoms with E-state index in [1.807, 2.05) is 19.9 Å². The molecule has 0 heterocycles. The second-order valence-corrected chi connectivity index (χ2v) is 11.0. The molecule has 0 spiro atoms. The van der Waals surface area contributed by atoms with Crippen LogP contribution < -0.4 is 0 Å². The predicted octanol–water partition coefficient (Wildman–Crippen LogP) is 5.75. The van der Waals surface area contributed by atoms with E-state index in [-0.39, 0.29) is 11.9 Å². The Labute approximate surface area is 177 Å². The number of allylic oxidation sites excluding steroid dienone is 3. The second-order valence-electron chi connectivity index (χ2n) is 11.0. The number of carbonyl (C=O) groups is 1. The Morgan fingerprint density at radius 2 is 1.97 bits per heavy atom. The Morgan fingerprint density at radius 3 is 2.69 bits per heavy atom. The van der Waals surface area contributed by atoms with Crippen molar-refractivity contribution in [2.45, 2.75) is 110 Å². The van der Waals surface area contributed by atoms with Gasteiger partial charge in [0.1, 0.15) is 0 Å². The fraction of sp³-hybridized carbons (Fsp3) is 0.808. The van der Waals surface area contributed by atoms with E-state index in [1.165, 1.54) is 37.7 Å². The number of hydrogen-bond donors (Lipinski definition) is 2. The molecule has 3 aliphatic carbocycles. The summed E-state index contributed by atoms with van der Waals surface area (Å²) < 4.78 is 0. The fourth-order valence-corrected chi connectivity index (χ4v) is 6.57. The normalized spacial score (nSPS) is 37.2. The van der Waals surface area contributed by atoms with Gasteiger partial charge in [0.2, 0.25) is 0 Å². The van der Waals surface area contributed by atoms with E-state index in [4.69, 9.17) is 0 Å². The molecular formula is C26H42O3. The van der Waals surface area contributed by atoms with Crippen molar-refractivity contribution in [3.63, 3.8) is 0 Å². The zero-order valence-electron chi connectivity index (χ0n) is 19.0. The minimum absolute atomic E-state index is 0.218. The van der Waals surface area contributed by atoms with Gasteiger partial charge in [0, 0.05) is 12.8 Å². The van der Waals surface area contributed by atoms with Crippen LogP contribution in [0, 0.1) is 23.2 Å². The third-order valence-electron chi connectivity index (χ3n) is 8.19. The summed E-state index contributed by atoms with van der Waals surface area (Å²) in [6, 6.07) is 0. The SMILES string of the molecule is C[C@H](CCCC(C)(C)O)[C@H]1CC[C@H]2/C(=C/C=C3/C[C@@H](O)CCC3=O)CCC[C@]12C. The summed E-state index contributed by atoms with van der Waals surface area (Å²) in [5, 5.41) is 19.9. The van der Waals surface area contributed by atoms with Gasteiger partial charge in [-0.1, -0.05) is 44.4 Å². The first kappa shape index (κ1) is 22.7. The van der Waals surface area contributed by atoms with Crippen LogP contribution in [-0.4, -0.2) is 27.7 Å². The molecule has 2 N–H and O–H groups in total. The van der Waals surface area contributed by atoms with Crippen LogP contribution in [-0.2, 0) is 4.79 Å². The lowest BCUT2D eigenvalue weighted by Gasteiger charge is -2.44. The standard InChI is InChI=1S/C26H42O3/c1-18(7-5-15-25(2,3)29)22-12-13-23-19(8-6-16-26(22,23)4)9-10-20-17-21(27)11-14-24(20)28/h9-10,18,21-23,27,29H,5-8,11-17H2,1-4H3/b19-9+,20-10-/t18-,21+,22-,23+,26-/m1/s1. The molecule has 0 unspecified atom stereocenters. The summed E-state index contributed by atoms with van der Waals surface area (Å²) in [7, 11) is 0. The van der Waals surface area contributed by atoms with Gasteiger partial charge in [-0.2, -0.15) is 0 Å². The van der Waals surface area contributed by atoms with Crippen molar-refractivity contribution in [2.24, 2.45) is 23.2 Å². The molecule has 0 aromatic heterocycles. The third-order valence-corrected chi connectivity index (χ3v) is 8.19. The van der Waals surface area contributed by atoms with E-state index >= 15 is 0 Å². The van der Waals surface area contributed by atoms with Gasteiger partial charge >= 0.3 is 0 Å². The molecule has 0 bridgehead atoms. The van der Waals surface area contributed by atoms with Crippen LogP contribution in [0.25, 0.3) is 0 Å². The van der Waals surface area contributed by atoms with Crippen molar-refractivity contribution in [2.75, 3.05) is 0 Å². The van der Waals surface area contributed by atoms with E-state index < -0.39 is 5.60 Å². The highest BCUT2D eigenvalue weighted by Gasteiger charge is 2.50. The molecule has 0 aromatic carbocycles. The van der Waals surface area contributed by atoms with Gasteiger partial charge in [-0.05, 0) is 87.5 Å². The average molecular weight is 403 g/mol. The number of aliphatic hydroxyl groups excluding tert-OH is 1. The van der Waals surface area contributed by atoms with Gasteiger partial charge in [-0.15, -0.1) is 0 Å². The van der Waals surface area contributed by atoms with Crippen LogP contribution in [0.2, 0.25) is 0 Å². The highest BCUT2D eigenvalue weighted by Crippen LogP contribution is 2.59. The van der Waals surface area contributed by atoms with Gasteiger partial charge < -0.3 is 10.2 Å². The van der Waals surface area contributed by atoms with Gasteiger partial charge in [-0.3, -0.25) is 4.79 Å². The molecule has 3 fully saturated rings. The summed E-state index contributed by atoms with van der Waals surface area (Å²) in [5.74, 6) is 2.30. The van der Waals surface area contributed by atoms with Crippen molar-refractivity contribution < 1.29 is 15.0 Å². The van der Waals surface area contributed by atoms with Gasteiger partial charge in [0.25, 0.3) is 0 Å². The van der Waals surface area contributed by atoms with Gasteiger partial charge in [0.05, 0.1) is 11.7 Å². The average Bonchev–Trinajstić information content (AvgIpc) is 2.99. The first-order valence-corrected chi connectivity index (χ1v) is 11.9. The zero-order chi connectivity index (χ0) is 21.2. The molecular weight excluding hydrogens is 360 g/mol. The quantitative estimate of drug-likeness (QED) is 0.556. The van der Waals surface area contributed by atoms with Crippen molar-refractivity contribution in [3.05, 3.63) is 23.3 Å². The molecule has 0 aliphatic heterocycles. The van der Waals surface area contributed by atoms with Crippen molar-refractivity contribution >= 4 is 5.78 Å². The molecule has 3 aliphatic rings. The highest BCUT2D eigenvalue weighted by atomic mass is 16.3. The van der Waals surface area contributed by atoms with Gasteiger partial charge in [-0.25, -0.2) is 0 Å². The van der Waals surface area contributed by atoms with Crippen LogP contribution in [0.4, 0.5) is 0 Å². The molecule has 164 valence electrons. The molecule has 3 rings (SSSR count). The lowest BCUT2D eigenvalue weighted by molar-refractivity contribution is -0.117. The van der Waals surface area contributed by atoms with Crippen LogP contribution in [0.5, 0.6) is 0 Å². The molecule has 3 heteroatoms. The predicted molar refractivity (Wildman–Crippen MR) is 119 cm³/mol. The zero-order valence-corrected chi connectivity index (χ0v) is 19.0. The Hall–Kier alpha value is -0.930. The molecule has 0 amide bonds. The number of Topliss-reactive ketones (excluding diaryl/α,β-unsaturated/α-hetero) is 1. The maximum absolute atomic E-state index is 12.2. The Bertz CT molecular complexity index is 653. The summed E-state index contributed by atoms with van der Waals surface area (Å²) in [6.45, 7) is 8.75. The highest BCUT2D eigenvalue weighted by molar-refractivity contribution is 5.96. The largest absolute Gasteiger partial charge is 0.393 e. The number of aliphatic hydroxyl groups is 2. The van der Waals surface area contributed by atoms with E-state index in [9.17, 15) is 15.0 Å². The van der Waals surface area contributed by atoms with E-state index in [1.54, 1.807) is 0 Å². The number of fused-ring (bicyclic) bond motifs is 1. The molecule has 3 nitrogen and oxygen atoms in total. The minimum Gasteiger partial charge on any atom is -0.393 e. The van der Waals surface area contributed by atoms with E-state index in [0.29, 0.717) is 36.5 Å². The van der Waals surface area contributed by atoms with Crippen LogP contribution in [0.3, 0.4) is 0 Å². The Balaban J connectivity index is 1.68. The van der Waals surface area contributed by atoms with Crippen molar-refractivity contribution in [1.29, 1.82) is 0 Å². The van der Waals surface area contributed by atoms with Crippen molar-refractivity contribution in [3.8, 4) is 0 Å². The summed E-state index contributed by atoms with van der Waals surface area (Å²) >= 11 is 0. The topological polar surface area (TPSA) is 57.5 Å². The number of ketones is 1. The van der Waals surface area contributed by atoms with Crippen LogP contribution in [0.15, 0.2) is 23.3 Å². The molecule has 0 radical (unpaired) electrons. The summed E-state index contributed by atoms with van der Waals surface area (Å²) in [4.78, 5) is 12.2. The lowest BCUT2D eigenvalue weighted by Crippen LogP contribution is -2.36. The monoisotopic (exact) mass is 402 g/mol. The molecule has 29 heavy (non-hydrogen) atoms. The minimum atomic E-state index is -0.555. The van der Waals surface area contributed by atoms with E-state index in [0.717, 1.165) is 30.8 Å².